The van der Waals surface area contributed by atoms with Gasteiger partial charge in [0.05, 0.1) is 30.8 Å². The molecule has 1 aliphatic rings. The summed E-state index contributed by atoms with van der Waals surface area (Å²) >= 11 is 0. The topological polar surface area (TPSA) is 153 Å². The van der Waals surface area contributed by atoms with Crippen LogP contribution in [-0.4, -0.2) is 69.7 Å². The molecule has 0 spiro atoms. The monoisotopic (exact) mass is 821 g/mol. The van der Waals surface area contributed by atoms with Crippen LogP contribution < -0.4 is 15.2 Å². The van der Waals surface area contributed by atoms with E-state index in [-0.39, 0.29) is 68.6 Å². The quantitative estimate of drug-likeness (QED) is 0.0808. The van der Waals surface area contributed by atoms with Gasteiger partial charge in [0.25, 0.3) is 0 Å². The largest absolute Gasteiger partial charge is 0.854 e. The van der Waals surface area contributed by atoms with Crippen LogP contribution in [0.2, 0.25) is 0 Å². The molecule has 1 N–H and O–H groups in total. The average molecular weight is 822 g/mol. The van der Waals surface area contributed by atoms with Crippen molar-refractivity contribution in [3.05, 3.63) is 132 Å². The number of ether oxygens (including phenoxy) is 3. The molecule has 0 radical (unpaired) electrons. The number of sulfonamides is 1. The molecule has 14 heteroatoms. The van der Waals surface area contributed by atoms with Crippen LogP contribution in [0.5, 0.6) is 5.75 Å². The summed E-state index contributed by atoms with van der Waals surface area (Å²) in [5.74, 6) is 0.281. The van der Waals surface area contributed by atoms with Crippen LogP contribution in [-0.2, 0) is 52.7 Å². The summed E-state index contributed by atoms with van der Waals surface area (Å²) in [5.41, 5.74) is 2.52. The Morgan fingerprint density at radius 1 is 0.877 bits per heavy atom. The highest BCUT2D eigenvalue weighted by Gasteiger charge is 2.36. The van der Waals surface area contributed by atoms with Gasteiger partial charge in [0.1, 0.15) is 11.9 Å². The number of rotatable bonds is 22. The van der Waals surface area contributed by atoms with Gasteiger partial charge in [-0.15, -0.1) is 6.61 Å². The van der Waals surface area contributed by atoms with Crippen LogP contribution in [0.4, 0.5) is 4.79 Å². The number of carbonyl (C=O) groups excluding carboxylic acids is 1. The van der Waals surface area contributed by atoms with E-state index in [1.165, 1.54) is 4.31 Å². The maximum Gasteiger partial charge on any atom is 0.407 e. The molecule has 1 heterocycles. The summed E-state index contributed by atoms with van der Waals surface area (Å²) in [6.07, 6.45) is -0.800. The van der Waals surface area contributed by atoms with E-state index in [4.69, 9.17) is 23.3 Å². The second kappa shape index (κ2) is 21.6. The molecule has 0 saturated carbocycles. The summed E-state index contributed by atoms with van der Waals surface area (Å²) in [5, 5.41) is 14.4. The van der Waals surface area contributed by atoms with Crippen LogP contribution in [0.3, 0.4) is 0 Å². The van der Waals surface area contributed by atoms with E-state index in [0.29, 0.717) is 25.1 Å². The van der Waals surface area contributed by atoms with Gasteiger partial charge in [-0.25, -0.2) is 13.2 Å². The van der Waals surface area contributed by atoms with E-state index in [9.17, 15) is 22.9 Å². The Hall–Kier alpha value is -4.07. The summed E-state index contributed by atoms with van der Waals surface area (Å²) < 4.78 is 72.0. The van der Waals surface area contributed by atoms with Crippen molar-refractivity contribution in [3.8, 4) is 5.75 Å². The third kappa shape index (κ3) is 13.8. The van der Waals surface area contributed by atoms with Gasteiger partial charge in [0, 0.05) is 25.0 Å². The summed E-state index contributed by atoms with van der Waals surface area (Å²) in [4.78, 5) is 13.5. The number of amides is 1. The van der Waals surface area contributed by atoms with Crippen LogP contribution in [0.15, 0.2) is 120 Å². The van der Waals surface area contributed by atoms with Crippen LogP contribution in [0.25, 0.3) is 0 Å². The van der Waals surface area contributed by atoms with Crippen LogP contribution in [0.1, 0.15) is 50.3 Å². The van der Waals surface area contributed by atoms with Gasteiger partial charge in [0.2, 0.25) is 10.0 Å². The highest BCUT2D eigenvalue weighted by atomic mass is 32.2. The van der Waals surface area contributed by atoms with E-state index >= 15 is 0 Å². The van der Waals surface area contributed by atoms with Gasteiger partial charge in [0.15, 0.2) is 6.35 Å². The molecule has 308 valence electrons. The Morgan fingerprint density at radius 2 is 1.46 bits per heavy atom. The molecule has 57 heavy (non-hydrogen) atoms. The maximum absolute atomic E-state index is 13.9. The van der Waals surface area contributed by atoms with Gasteiger partial charge >= 0.3 is 13.7 Å². The van der Waals surface area contributed by atoms with E-state index < -0.39 is 35.9 Å². The third-order valence-corrected chi connectivity index (χ3v) is 13.0. The molecule has 0 bridgehead atoms. The fourth-order valence-corrected chi connectivity index (χ4v) is 9.42. The molecule has 0 aromatic heterocycles. The zero-order valence-corrected chi connectivity index (χ0v) is 34.5. The Labute approximate surface area is 337 Å². The standard InChI is InChI=1S/C43H54N2O10PS/c1-33(2)28-45(57(49,50)40-17-11-6-12-18-40)25-23-38(44-43(47)55-42-31-51-34(3)41(42)24-26-46)27-35-19-21-39(22-20-35)52-32-56(48,53-29-36-13-7-4-8-14-36)54-30-37-15-9-5-10-16-37/h4-22,33-34,38,41-42H,23-32H2,1-3H3,(H,44,47)/q-1/t34-,38+,41+,42-/m0/s1. The number of alkyl carbamates (subject to hydrolysis) is 1. The molecule has 1 aliphatic heterocycles. The molecule has 5 rings (SSSR count). The maximum atomic E-state index is 13.9. The molecule has 1 saturated heterocycles. The summed E-state index contributed by atoms with van der Waals surface area (Å²) in [7, 11) is -7.53. The van der Waals surface area contributed by atoms with E-state index in [0.717, 1.165) is 16.7 Å². The van der Waals surface area contributed by atoms with Gasteiger partial charge in [-0.05, 0) is 66.6 Å². The number of benzene rings is 4. The van der Waals surface area contributed by atoms with Crippen molar-refractivity contribution in [1.29, 1.82) is 0 Å². The first-order chi connectivity index (χ1) is 27.4. The molecule has 0 aliphatic carbocycles. The lowest BCUT2D eigenvalue weighted by Gasteiger charge is -2.27. The van der Waals surface area contributed by atoms with Crippen molar-refractivity contribution in [2.24, 2.45) is 11.8 Å². The van der Waals surface area contributed by atoms with Gasteiger partial charge in [-0.1, -0.05) is 111 Å². The van der Waals surface area contributed by atoms with Crippen molar-refractivity contribution >= 4 is 23.7 Å². The first-order valence-corrected chi connectivity index (χ1v) is 22.5. The van der Waals surface area contributed by atoms with Crippen molar-refractivity contribution in [2.45, 2.75) is 76.4 Å². The average Bonchev–Trinajstić information content (AvgIpc) is 3.56. The zero-order valence-electron chi connectivity index (χ0n) is 32.8. The molecule has 1 amide bonds. The number of nitrogens with zero attached hydrogens (tertiary/aromatic N) is 1. The van der Waals surface area contributed by atoms with Crippen molar-refractivity contribution in [1.82, 2.24) is 9.62 Å². The Bertz CT molecular complexity index is 1910. The number of carbonyl (C=O) groups is 1. The minimum atomic E-state index is -3.81. The molecule has 4 aromatic rings. The van der Waals surface area contributed by atoms with Crippen molar-refractivity contribution < 1.29 is 46.1 Å². The Morgan fingerprint density at radius 3 is 2.02 bits per heavy atom. The molecule has 12 nitrogen and oxygen atoms in total. The summed E-state index contributed by atoms with van der Waals surface area (Å²) in [6, 6.07) is 33.7. The Balaban J connectivity index is 1.28. The first-order valence-electron chi connectivity index (χ1n) is 19.3. The van der Waals surface area contributed by atoms with Gasteiger partial charge < -0.3 is 33.7 Å². The molecule has 0 unspecified atom stereocenters. The third-order valence-electron chi connectivity index (χ3n) is 9.65. The second-order valence-electron chi connectivity index (χ2n) is 14.6. The number of nitrogens with one attached hydrogen (secondary N) is 1. The molecular formula is C43H54N2O10PS-. The predicted octanol–water partition coefficient (Wildman–Crippen LogP) is 7.18. The lowest BCUT2D eigenvalue weighted by molar-refractivity contribution is -0.371. The van der Waals surface area contributed by atoms with E-state index in [1.54, 1.807) is 42.5 Å². The fraction of sp³-hybridized carbons (Fsp3) is 0.419. The Kier molecular flexibility index (Phi) is 16.7. The zero-order chi connectivity index (χ0) is 40.7. The van der Waals surface area contributed by atoms with Crippen LogP contribution >= 0.6 is 7.60 Å². The van der Waals surface area contributed by atoms with E-state index in [2.05, 4.69) is 5.32 Å². The normalized spacial score (nSPS) is 17.8. The minimum Gasteiger partial charge on any atom is -0.854 e. The van der Waals surface area contributed by atoms with Crippen molar-refractivity contribution in [3.63, 3.8) is 0 Å². The minimum absolute atomic E-state index is 0.0532. The first kappa shape index (κ1) is 44.0. The lowest BCUT2D eigenvalue weighted by Crippen LogP contribution is -2.43. The lowest BCUT2D eigenvalue weighted by atomic mass is 9.96. The molecular weight excluding hydrogens is 768 g/mol. The van der Waals surface area contributed by atoms with Gasteiger partial charge in [-0.3, -0.25) is 4.57 Å². The summed E-state index contributed by atoms with van der Waals surface area (Å²) in [6.45, 7) is 6.27. The fourth-order valence-electron chi connectivity index (χ4n) is 6.56. The smallest absolute Gasteiger partial charge is 0.407 e. The van der Waals surface area contributed by atoms with E-state index in [1.807, 2.05) is 93.6 Å². The highest BCUT2D eigenvalue weighted by molar-refractivity contribution is 7.89. The SMILES string of the molecule is CC(C)CN(CC[C@H](Cc1ccc(OCP(=O)(OCc2ccccc2)OCc2ccccc2)cc1)NC(=O)O[C@H]1CO[C@@H](C)[C@H]1CC[O-])S(=O)(=O)c1ccccc1. The molecule has 4 aromatic carbocycles. The highest BCUT2D eigenvalue weighted by Crippen LogP contribution is 2.49. The molecule has 1 fully saturated rings. The number of hydrogen-bond donors (Lipinski definition) is 1. The van der Waals surface area contributed by atoms with Crippen molar-refractivity contribution in [2.75, 3.05) is 32.7 Å². The van der Waals surface area contributed by atoms with Gasteiger partial charge in [-0.2, -0.15) is 4.31 Å². The second-order valence-corrected chi connectivity index (χ2v) is 18.5. The van der Waals surface area contributed by atoms with Crippen LogP contribution in [0, 0.1) is 11.8 Å². The predicted molar refractivity (Wildman–Crippen MR) is 216 cm³/mol. The molecule has 4 atom stereocenters. The number of hydrogen-bond acceptors (Lipinski definition) is 10.